The maximum absolute atomic E-state index is 5.89. The maximum atomic E-state index is 5.89. The highest BCUT2D eigenvalue weighted by Gasteiger charge is 1.98. The van der Waals surface area contributed by atoms with Crippen molar-refractivity contribution in [2.45, 2.75) is 26.3 Å². The summed E-state index contributed by atoms with van der Waals surface area (Å²) < 4.78 is 5.61. The van der Waals surface area contributed by atoms with E-state index in [2.05, 4.69) is 22.2 Å². The molecule has 0 aliphatic rings. The minimum Gasteiger partial charge on any atom is -0.494 e. The van der Waals surface area contributed by atoms with Gasteiger partial charge in [-0.15, -0.1) is 0 Å². The summed E-state index contributed by atoms with van der Waals surface area (Å²) in [5.41, 5.74) is 8.00. The lowest BCUT2D eigenvalue weighted by atomic mass is 10.2. The molecule has 2 aromatic rings. The van der Waals surface area contributed by atoms with E-state index in [1.54, 1.807) is 6.20 Å². The average Bonchev–Trinajstić information content (AvgIpc) is 2.59. The summed E-state index contributed by atoms with van der Waals surface area (Å²) in [4.78, 5) is 8.62. The molecule has 0 spiro atoms. The van der Waals surface area contributed by atoms with Gasteiger partial charge in [-0.1, -0.05) is 25.1 Å². The molecule has 1 aromatic carbocycles. The van der Waals surface area contributed by atoms with Crippen molar-refractivity contribution >= 4 is 5.96 Å². The van der Waals surface area contributed by atoms with Gasteiger partial charge in [0.2, 0.25) is 0 Å². The van der Waals surface area contributed by atoms with E-state index in [0.717, 1.165) is 36.5 Å². The van der Waals surface area contributed by atoms with Crippen molar-refractivity contribution < 1.29 is 4.74 Å². The summed E-state index contributed by atoms with van der Waals surface area (Å²) in [6.07, 6.45) is 3.60. The molecule has 0 aliphatic heterocycles. The highest BCUT2D eigenvalue weighted by molar-refractivity contribution is 5.77. The number of ether oxygens (including phenoxy) is 1. The van der Waals surface area contributed by atoms with Gasteiger partial charge in [-0.25, -0.2) is 4.99 Å². The Hall–Kier alpha value is -2.56. The minimum atomic E-state index is 0.445. The monoisotopic (exact) mass is 312 g/mol. The van der Waals surface area contributed by atoms with Crippen molar-refractivity contribution in [3.63, 3.8) is 0 Å². The normalized spacial score (nSPS) is 11.3. The fourth-order valence-electron chi connectivity index (χ4n) is 2.05. The number of guanidine groups is 1. The van der Waals surface area contributed by atoms with Crippen molar-refractivity contribution in [3.05, 3.63) is 59.9 Å². The molecule has 23 heavy (non-hydrogen) atoms. The number of pyridine rings is 1. The predicted octanol–water partition coefficient (Wildman–Crippen LogP) is 2.52. The van der Waals surface area contributed by atoms with Crippen LogP contribution in [0.2, 0.25) is 0 Å². The van der Waals surface area contributed by atoms with E-state index in [-0.39, 0.29) is 0 Å². The van der Waals surface area contributed by atoms with E-state index < -0.39 is 0 Å². The predicted molar refractivity (Wildman–Crippen MR) is 93.5 cm³/mol. The standard InChI is InChI=1S/C18H24N4O/c1-2-12-23-17-8-5-6-15(13-17)14-22-18(19)21-11-9-16-7-3-4-10-20-16/h3-8,10,13H,2,9,11-12,14H2,1H3,(H3,19,21,22). The first kappa shape index (κ1) is 16.8. The molecule has 122 valence electrons. The van der Waals surface area contributed by atoms with Crippen molar-refractivity contribution in [1.82, 2.24) is 10.3 Å². The van der Waals surface area contributed by atoms with Crippen molar-refractivity contribution in [3.8, 4) is 5.75 Å². The van der Waals surface area contributed by atoms with Crippen LogP contribution in [0, 0.1) is 0 Å². The molecule has 0 fully saturated rings. The van der Waals surface area contributed by atoms with Crippen LogP contribution in [0.15, 0.2) is 53.7 Å². The average molecular weight is 312 g/mol. The number of nitrogens with two attached hydrogens (primary N) is 1. The third-order valence-electron chi connectivity index (χ3n) is 3.22. The van der Waals surface area contributed by atoms with E-state index in [1.165, 1.54) is 0 Å². The largest absolute Gasteiger partial charge is 0.494 e. The molecule has 1 heterocycles. The van der Waals surface area contributed by atoms with Gasteiger partial charge in [0.15, 0.2) is 5.96 Å². The first-order valence-electron chi connectivity index (χ1n) is 7.93. The van der Waals surface area contributed by atoms with Crippen LogP contribution in [0.3, 0.4) is 0 Å². The third-order valence-corrected chi connectivity index (χ3v) is 3.22. The fourth-order valence-corrected chi connectivity index (χ4v) is 2.05. The number of nitrogens with one attached hydrogen (secondary N) is 1. The second kappa shape index (κ2) is 9.46. The van der Waals surface area contributed by atoms with Crippen LogP contribution >= 0.6 is 0 Å². The molecule has 5 heteroatoms. The SMILES string of the molecule is CCCOc1cccc(CN=C(N)NCCc2ccccn2)c1. The van der Waals surface area contributed by atoms with Crippen molar-refractivity contribution in [1.29, 1.82) is 0 Å². The van der Waals surface area contributed by atoms with Crippen molar-refractivity contribution in [2.24, 2.45) is 10.7 Å². The zero-order valence-corrected chi connectivity index (χ0v) is 13.5. The molecule has 0 saturated heterocycles. The Labute approximate surface area is 137 Å². The summed E-state index contributed by atoms with van der Waals surface area (Å²) in [5, 5.41) is 3.11. The highest BCUT2D eigenvalue weighted by atomic mass is 16.5. The summed E-state index contributed by atoms with van der Waals surface area (Å²) in [6, 6.07) is 13.8. The Morgan fingerprint density at radius 1 is 1.26 bits per heavy atom. The molecule has 3 N–H and O–H groups in total. The van der Waals surface area contributed by atoms with Gasteiger partial charge in [0.05, 0.1) is 13.2 Å². The second-order valence-electron chi connectivity index (χ2n) is 5.20. The van der Waals surface area contributed by atoms with Crippen LogP contribution in [0.5, 0.6) is 5.75 Å². The molecule has 0 aliphatic carbocycles. The number of aromatic nitrogens is 1. The molecule has 0 unspecified atom stereocenters. The number of hydrogen-bond acceptors (Lipinski definition) is 3. The second-order valence-corrected chi connectivity index (χ2v) is 5.20. The molecule has 5 nitrogen and oxygen atoms in total. The van der Waals surface area contributed by atoms with E-state index in [9.17, 15) is 0 Å². The topological polar surface area (TPSA) is 72.5 Å². The Balaban J connectivity index is 1.77. The Morgan fingerprint density at radius 3 is 2.96 bits per heavy atom. The van der Waals surface area contributed by atoms with E-state index in [1.807, 2.05) is 42.5 Å². The smallest absolute Gasteiger partial charge is 0.188 e. The van der Waals surface area contributed by atoms with Crippen molar-refractivity contribution in [2.75, 3.05) is 13.2 Å². The number of aliphatic imine (C=N–C) groups is 1. The van der Waals surface area contributed by atoms with Gasteiger partial charge in [-0.2, -0.15) is 0 Å². The summed E-state index contributed by atoms with van der Waals surface area (Å²) >= 11 is 0. The molecular weight excluding hydrogens is 288 g/mol. The molecular formula is C18H24N4O. The van der Waals surface area contributed by atoms with Crippen LogP contribution in [0.1, 0.15) is 24.6 Å². The third kappa shape index (κ3) is 6.38. The quantitative estimate of drug-likeness (QED) is 0.580. The van der Waals surface area contributed by atoms with Crippen LogP contribution < -0.4 is 15.8 Å². The van der Waals surface area contributed by atoms with Crippen LogP contribution in [0.25, 0.3) is 0 Å². The fraction of sp³-hybridized carbons (Fsp3) is 0.333. The Morgan fingerprint density at radius 2 is 2.17 bits per heavy atom. The Kier molecular flexibility index (Phi) is 6.91. The molecule has 2 rings (SSSR count). The van der Waals surface area contributed by atoms with Gasteiger partial charge in [0.25, 0.3) is 0 Å². The summed E-state index contributed by atoms with van der Waals surface area (Å²) in [7, 11) is 0. The van der Waals surface area contributed by atoms with Gasteiger partial charge in [-0.3, -0.25) is 4.98 Å². The minimum absolute atomic E-state index is 0.445. The molecule has 0 saturated carbocycles. The number of nitrogens with zero attached hydrogens (tertiary/aromatic N) is 2. The van der Waals surface area contributed by atoms with Gasteiger partial charge in [-0.05, 0) is 36.2 Å². The lowest BCUT2D eigenvalue weighted by molar-refractivity contribution is 0.317. The number of rotatable bonds is 8. The number of benzene rings is 1. The zero-order chi connectivity index (χ0) is 16.3. The molecule has 0 atom stereocenters. The number of hydrogen-bond donors (Lipinski definition) is 2. The van der Waals surface area contributed by atoms with Gasteiger partial charge in [0, 0.05) is 24.9 Å². The van der Waals surface area contributed by atoms with Crippen LogP contribution in [0.4, 0.5) is 0 Å². The van der Waals surface area contributed by atoms with E-state index >= 15 is 0 Å². The maximum Gasteiger partial charge on any atom is 0.188 e. The first-order chi connectivity index (χ1) is 11.3. The van der Waals surface area contributed by atoms with E-state index in [0.29, 0.717) is 19.0 Å². The van der Waals surface area contributed by atoms with E-state index in [4.69, 9.17) is 10.5 Å². The lowest BCUT2D eigenvalue weighted by Crippen LogP contribution is -2.33. The molecule has 0 radical (unpaired) electrons. The summed E-state index contributed by atoms with van der Waals surface area (Å²) in [6.45, 7) is 4.06. The molecule has 0 amide bonds. The first-order valence-corrected chi connectivity index (χ1v) is 7.93. The summed E-state index contributed by atoms with van der Waals surface area (Å²) in [5.74, 6) is 1.32. The van der Waals surface area contributed by atoms with Gasteiger partial charge >= 0.3 is 0 Å². The molecule has 0 bridgehead atoms. The highest BCUT2D eigenvalue weighted by Crippen LogP contribution is 2.14. The van der Waals surface area contributed by atoms with Gasteiger partial charge < -0.3 is 15.8 Å². The van der Waals surface area contributed by atoms with Crippen LogP contribution in [-0.4, -0.2) is 24.1 Å². The van der Waals surface area contributed by atoms with Crippen LogP contribution in [-0.2, 0) is 13.0 Å². The molecule has 1 aromatic heterocycles. The lowest BCUT2D eigenvalue weighted by Gasteiger charge is -2.07. The zero-order valence-electron chi connectivity index (χ0n) is 13.5. The Bertz CT molecular complexity index is 613. The van der Waals surface area contributed by atoms with Gasteiger partial charge in [0.1, 0.15) is 5.75 Å².